The van der Waals surface area contributed by atoms with Crippen LogP contribution in [0.5, 0.6) is 0 Å². The molecule has 1 fully saturated rings. The van der Waals surface area contributed by atoms with Gasteiger partial charge >= 0.3 is 6.09 Å². The quantitative estimate of drug-likeness (QED) is 0.781. The molecule has 1 saturated carbocycles. The van der Waals surface area contributed by atoms with E-state index < -0.39 is 0 Å². The molecule has 1 amide bonds. The van der Waals surface area contributed by atoms with Gasteiger partial charge in [-0.2, -0.15) is 0 Å². The van der Waals surface area contributed by atoms with Gasteiger partial charge in [0.15, 0.2) is 0 Å². The Morgan fingerprint density at radius 2 is 2.19 bits per heavy atom. The Morgan fingerprint density at radius 3 is 2.75 bits per heavy atom. The third kappa shape index (κ3) is 2.72. The lowest BCUT2D eigenvalue weighted by molar-refractivity contribution is 0.102. The second-order valence-electron chi connectivity index (χ2n) is 3.91. The zero-order chi connectivity index (χ0) is 11.4. The summed E-state index contributed by atoms with van der Waals surface area (Å²) >= 11 is 0. The first-order valence-corrected chi connectivity index (χ1v) is 5.63. The van der Waals surface area contributed by atoms with Gasteiger partial charge < -0.3 is 9.64 Å². The van der Waals surface area contributed by atoms with Gasteiger partial charge in [-0.3, -0.25) is 4.98 Å². The Hall–Kier alpha value is -1.58. The van der Waals surface area contributed by atoms with Crippen LogP contribution in [0.15, 0.2) is 24.5 Å². The molecular weight excluding hydrogens is 204 g/mol. The van der Waals surface area contributed by atoms with Crippen LogP contribution in [-0.2, 0) is 11.3 Å². The van der Waals surface area contributed by atoms with Crippen LogP contribution in [-0.4, -0.2) is 28.6 Å². The number of carbonyl (C=O) groups is 1. The molecule has 1 aromatic heterocycles. The molecular formula is C12H16N2O2. The van der Waals surface area contributed by atoms with Crippen molar-refractivity contribution < 1.29 is 9.53 Å². The fraction of sp³-hybridized carbons (Fsp3) is 0.500. The number of nitrogens with zero attached hydrogens (tertiary/aromatic N) is 2. The molecule has 0 unspecified atom stereocenters. The summed E-state index contributed by atoms with van der Waals surface area (Å²) in [6.07, 6.45) is 5.45. The highest BCUT2D eigenvalue weighted by atomic mass is 16.6. The predicted octanol–water partition coefficient (Wildman–Crippen LogP) is 2.20. The number of pyridine rings is 1. The molecule has 2 rings (SSSR count). The summed E-state index contributed by atoms with van der Waals surface area (Å²) in [6.45, 7) is 2.87. The summed E-state index contributed by atoms with van der Waals surface area (Å²) in [7, 11) is 0. The van der Waals surface area contributed by atoms with E-state index in [-0.39, 0.29) is 6.09 Å². The summed E-state index contributed by atoms with van der Waals surface area (Å²) in [5.41, 5.74) is 1.09. The van der Waals surface area contributed by atoms with Crippen molar-refractivity contribution in [2.24, 2.45) is 0 Å². The molecule has 1 aromatic rings. The topological polar surface area (TPSA) is 42.4 Å². The van der Waals surface area contributed by atoms with Gasteiger partial charge in [0, 0.05) is 25.0 Å². The van der Waals surface area contributed by atoms with Crippen molar-refractivity contribution >= 4 is 6.09 Å². The zero-order valence-corrected chi connectivity index (χ0v) is 9.43. The van der Waals surface area contributed by atoms with Crippen LogP contribution in [0.2, 0.25) is 0 Å². The van der Waals surface area contributed by atoms with Crippen LogP contribution >= 0.6 is 0 Å². The monoisotopic (exact) mass is 220 g/mol. The fourth-order valence-electron chi connectivity index (χ4n) is 1.62. The average Bonchev–Trinajstić information content (AvgIpc) is 3.11. The summed E-state index contributed by atoms with van der Waals surface area (Å²) in [5.74, 6) is 0. The average molecular weight is 220 g/mol. The van der Waals surface area contributed by atoms with E-state index in [0.29, 0.717) is 19.2 Å². The SMILES string of the molecule is CCOC(=O)N(Cc1ccncc1)C1CC1. The summed E-state index contributed by atoms with van der Waals surface area (Å²) in [6, 6.07) is 4.22. The maximum atomic E-state index is 11.7. The van der Waals surface area contributed by atoms with Crippen molar-refractivity contribution in [1.29, 1.82) is 0 Å². The number of hydrogen-bond donors (Lipinski definition) is 0. The Labute approximate surface area is 95.2 Å². The molecule has 86 valence electrons. The lowest BCUT2D eigenvalue weighted by Crippen LogP contribution is -2.33. The number of rotatable bonds is 4. The number of amides is 1. The van der Waals surface area contributed by atoms with Gasteiger partial charge in [0.05, 0.1) is 6.61 Å². The van der Waals surface area contributed by atoms with E-state index in [2.05, 4.69) is 4.98 Å². The molecule has 0 radical (unpaired) electrons. The smallest absolute Gasteiger partial charge is 0.410 e. The molecule has 1 aliphatic rings. The van der Waals surface area contributed by atoms with E-state index in [4.69, 9.17) is 4.74 Å². The number of hydrogen-bond acceptors (Lipinski definition) is 3. The van der Waals surface area contributed by atoms with Gasteiger partial charge in [0.1, 0.15) is 0 Å². The molecule has 4 nitrogen and oxygen atoms in total. The Balaban J connectivity index is 2.00. The molecule has 0 atom stereocenters. The van der Waals surface area contributed by atoms with Crippen molar-refractivity contribution in [3.05, 3.63) is 30.1 Å². The number of carbonyl (C=O) groups excluding carboxylic acids is 1. The van der Waals surface area contributed by atoms with Crippen LogP contribution in [0.25, 0.3) is 0 Å². The number of ether oxygens (including phenoxy) is 1. The molecule has 0 aromatic carbocycles. The van der Waals surface area contributed by atoms with Gasteiger partial charge in [0.25, 0.3) is 0 Å². The van der Waals surface area contributed by atoms with Gasteiger partial charge in [-0.05, 0) is 37.5 Å². The lowest BCUT2D eigenvalue weighted by Gasteiger charge is -2.21. The van der Waals surface area contributed by atoms with Crippen molar-refractivity contribution in [2.45, 2.75) is 32.4 Å². The Bertz CT molecular complexity index is 349. The summed E-state index contributed by atoms with van der Waals surface area (Å²) in [5, 5.41) is 0. The Morgan fingerprint density at radius 1 is 1.50 bits per heavy atom. The molecule has 0 spiro atoms. The highest BCUT2D eigenvalue weighted by Crippen LogP contribution is 2.28. The molecule has 0 saturated heterocycles. The highest BCUT2D eigenvalue weighted by molar-refractivity contribution is 5.68. The summed E-state index contributed by atoms with van der Waals surface area (Å²) in [4.78, 5) is 17.5. The van der Waals surface area contributed by atoms with E-state index in [0.717, 1.165) is 18.4 Å². The van der Waals surface area contributed by atoms with Crippen molar-refractivity contribution in [3.63, 3.8) is 0 Å². The van der Waals surface area contributed by atoms with Crippen molar-refractivity contribution in [3.8, 4) is 0 Å². The second-order valence-corrected chi connectivity index (χ2v) is 3.91. The first-order chi connectivity index (χ1) is 7.81. The minimum Gasteiger partial charge on any atom is -0.450 e. The normalized spacial score (nSPS) is 14.6. The molecule has 1 aliphatic carbocycles. The van der Waals surface area contributed by atoms with Gasteiger partial charge in [-0.1, -0.05) is 0 Å². The standard InChI is InChI=1S/C12H16N2O2/c1-2-16-12(15)14(11-3-4-11)9-10-5-7-13-8-6-10/h5-8,11H,2-4,9H2,1H3. The Kier molecular flexibility index (Phi) is 3.39. The largest absolute Gasteiger partial charge is 0.450 e. The van der Waals surface area contributed by atoms with E-state index in [9.17, 15) is 4.79 Å². The highest BCUT2D eigenvalue weighted by Gasteiger charge is 2.33. The number of aromatic nitrogens is 1. The second kappa shape index (κ2) is 4.96. The molecule has 0 bridgehead atoms. The zero-order valence-electron chi connectivity index (χ0n) is 9.43. The van der Waals surface area contributed by atoms with Crippen LogP contribution in [0, 0.1) is 0 Å². The van der Waals surface area contributed by atoms with E-state index in [1.165, 1.54) is 0 Å². The maximum Gasteiger partial charge on any atom is 0.410 e. The molecule has 16 heavy (non-hydrogen) atoms. The van der Waals surface area contributed by atoms with Crippen LogP contribution in [0.4, 0.5) is 4.79 Å². The minimum absolute atomic E-state index is 0.207. The maximum absolute atomic E-state index is 11.7. The molecule has 0 aliphatic heterocycles. The van der Waals surface area contributed by atoms with Crippen LogP contribution in [0.1, 0.15) is 25.3 Å². The van der Waals surface area contributed by atoms with Gasteiger partial charge in [-0.25, -0.2) is 4.79 Å². The van der Waals surface area contributed by atoms with Gasteiger partial charge in [0.2, 0.25) is 0 Å². The third-order valence-electron chi connectivity index (χ3n) is 2.59. The molecule has 1 heterocycles. The first kappa shape index (κ1) is 10.9. The van der Waals surface area contributed by atoms with Crippen LogP contribution in [0.3, 0.4) is 0 Å². The molecule has 4 heteroatoms. The van der Waals surface area contributed by atoms with Crippen molar-refractivity contribution in [2.75, 3.05) is 6.61 Å². The third-order valence-corrected chi connectivity index (χ3v) is 2.59. The van der Waals surface area contributed by atoms with Crippen molar-refractivity contribution in [1.82, 2.24) is 9.88 Å². The summed E-state index contributed by atoms with van der Waals surface area (Å²) < 4.78 is 5.05. The first-order valence-electron chi connectivity index (χ1n) is 5.63. The molecule has 0 N–H and O–H groups in total. The van der Waals surface area contributed by atoms with Crippen LogP contribution < -0.4 is 0 Å². The van der Waals surface area contributed by atoms with E-state index >= 15 is 0 Å². The van der Waals surface area contributed by atoms with Gasteiger partial charge in [-0.15, -0.1) is 0 Å². The lowest BCUT2D eigenvalue weighted by atomic mass is 10.2. The van der Waals surface area contributed by atoms with E-state index in [1.807, 2.05) is 19.1 Å². The minimum atomic E-state index is -0.207. The predicted molar refractivity (Wildman–Crippen MR) is 59.8 cm³/mol. The fourth-order valence-corrected chi connectivity index (χ4v) is 1.62. The van der Waals surface area contributed by atoms with E-state index in [1.54, 1.807) is 17.3 Å².